The van der Waals surface area contributed by atoms with E-state index in [2.05, 4.69) is 15.0 Å². The van der Waals surface area contributed by atoms with Gasteiger partial charge in [-0.05, 0) is 13.3 Å². The number of alkyl halides is 1. The maximum absolute atomic E-state index is 11.2. The topological polar surface area (TPSA) is 87.0 Å². The van der Waals surface area contributed by atoms with Gasteiger partial charge in [-0.1, -0.05) is 0 Å². The van der Waals surface area contributed by atoms with Crippen LogP contribution in [0.15, 0.2) is 6.33 Å². The van der Waals surface area contributed by atoms with Crippen LogP contribution in [0.25, 0.3) is 11.2 Å². The number of methoxy groups -OCH3 is 1. The lowest BCUT2D eigenvalue weighted by atomic mass is 10.4. The van der Waals surface area contributed by atoms with Gasteiger partial charge in [-0.15, -0.1) is 11.6 Å². The fourth-order valence-corrected chi connectivity index (χ4v) is 2.91. The Kier molecular flexibility index (Phi) is 4.67. The van der Waals surface area contributed by atoms with Crippen molar-refractivity contribution in [2.45, 2.75) is 25.3 Å². The summed E-state index contributed by atoms with van der Waals surface area (Å²) in [6, 6.07) is 0. The number of nitrogens with zero attached hydrogens (tertiary/aromatic N) is 4. The number of imidazole rings is 1. The Morgan fingerprint density at radius 1 is 1.43 bits per heavy atom. The lowest BCUT2D eigenvalue weighted by Crippen LogP contribution is -2.10. The van der Waals surface area contributed by atoms with Crippen LogP contribution in [0.4, 0.5) is 0 Å². The van der Waals surface area contributed by atoms with Crippen LogP contribution in [0, 0.1) is 0 Å². The fourth-order valence-electron chi connectivity index (χ4n) is 2.09. The van der Waals surface area contributed by atoms with Gasteiger partial charge < -0.3 is 9.30 Å². The van der Waals surface area contributed by atoms with E-state index in [0.717, 1.165) is 0 Å². The van der Waals surface area contributed by atoms with E-state index in [1.165, 1.54) is 19.7 Å². The molecule has 1 atom stereocenters. The zero-order valence-electron chi connectivity index (χ0n) is 12.1. The molecule has 1 unspecified atom stereocenters. The van der Waals surface area contributed by atoms with Gasteiger partial charge in [0.15, 0.2) is 11.2 Å². The molecule has 0 radical (unpaired) electrons. The van der Waals surface area contributed by atoms with Crippen LogP contribution >= 0.6 is 11.6 Å². The van der Waals surface area contributed by atoms with Gasteiger partial charge in [0, 0.05) is 12.8 Å². The molecule has 21 heavy (non-hydrogen) atoms. The van der Waals surface area contributed by atoms with Crippen molar-refractivity contribution in [1.82, 2.24) is 19.5 Å². The molecule has 2 heterocycles. The first kappa shape index (κ1) is 16.0. The number of fused-ring (bicyclic) bond motifs is 1. The average molecular weight is 333 g/mol. The molecule has 7 nitrogen and oxygen atoms in total. The normalized spacial score (nSPS) is 13.5. The Morgan fingerprint density at radius 2 is 2.14 bits per heavy atom. The van der Waals surface area contributed by atoms with Crippen molar-refractivity contribution in [2.24, 2.45) is 0 Å². The molecule has 9 heteroatoms. The molecule has 0 amide bonds. The van der Waals surface area contributed by atoms with E-state index in [1.807, 2.05) is 4.57 Å². The quantitative estimate of drug-likeness (QED) is 0.746. The van der Waals surface area contributed by atoms with E-state index in [-0.39, 0.29) is 11.1 Å². The molecule has 0 aromatic carbocycles. The zero-order chi connectivity index (χ0) is 15.6. The van der Waals surface area contributed by atoms with Gasteiger partial charge in [0.05, 0.1) is 18.2 Å². The lowest BCUT2D eigenvalue weighted by Gasteiger charge is -2.09. The maximum atomic E-state index is 11.2. The number of aromatic nitrogens is 4. The molecule has 0 fully saturated rings. The highest BCUT2D eigenvalue weighted by Gasteiger charge is 2.19. The van der Waals surface area contributed by atoms with Crippen molar-refractivity contribution in [2.75, 3.05) is 19.1 Å². The van der Waals surface area contributed by atoms with Gasteiger partial charge in [-0.2, -0.15) is 4.98 Å². The summed E-state index contributed by atoms with van der Waals surface area (Å²) in [4.78, 5) is 12.6. The monoisotopic (exact) mass is 332 g/mol. The Labute approximate surface area is 128 Å². The number of hydrogen-bond donors (Lipinski definition) is 0. The highest BCUT2D eigenvalue weighted by molar-refractivity contribution is 7.90. The van der Waals surface area contributed by atoms with E-state index in [0.29, 0.717) is 35.8 Å². The SMILES string of the molecule is COc1ncnc2c1nc(C(C)Cl)n2CCCS(C)(=O)=O. The van der Waals surface area contributed by atoms with Gasteiger partial charge in [0.2, 0.25) is 5.88 Å². The molecule has 2 rings (SSSR count). The van der Waals surface area contributed by atoms with Crippen LogP contribution in [0.5, 0.6) is 5.88 Å². The van der Waals surface area contributed by atoms with Crippen LogP contribution in [0.1, 0.15) is 24.5 Å². The number of halogens is 1. The van der Waals surface area contributed by atoms with Crippen LogP contribution in [-0.2, 0) is 16.4 Å². The summed E-state index contributed by atoms with van der Waals surface area (Å²) in [5.41, 5.74) is 1.12. The second-order valence-electron chi connectivity index (χ2n) is 4.78. The van der Waals surface area contributed by atoms with E-state index >= 15 is 0 Å². The second-order valence-corrected chi connectivity index (χ2v) is 7.69. The molecule has 0 saturated heterocycles. The molecular weight excluding hydrogens is 316 g/mol. The first-order valence-corrected chi connectivity index (χ1v) is 8.90. The third kappa shape index (κ3) is 3.62. The minimum atomic E-state index is -3.00. The standard InChI is InChI=1S/C12H17ClN4O3S/c1-8(13)10-16-9-11(14-7-15-12(9)20-2)17(10)5-4-6-21(3,18)19/h7-8H,4-6H2,1-3H3. The fraction of sp³-hybridized carbons (Fsp3) is 0.583. The van der Waals surface area contributed by atoms with Crippen LogP contribution in [0.2, 0.25) is 0 Å². The van der Waals surface area contributed by atoms with Gasteiger partial charge in [-0.25, -0.2) is 18.4 Å². The summed E-state index contributed by atoms with van der Waals surface area (Å²) < 4.78 is 29.5. The van der Waals surface area contributed by atoms with E-state index in [4.69, 9.17) is 16.3 Å². The first-order chi connectivity index (χ1) is 9.83. The summed E-state index contributed by atoms with van der Waals surface area (Å²) in [6.07, 6.45) is 3.07. The second kappa shape index (κ2) is 6.15. The van der Waals surface area contributed by atoms with Gasteiger partial charge in [-0.3, -0.25) is 0 Å². The molecule has 116 valence electrons. The molecule has 0 aliphatic carbocycles. The summed E-state index contributed by atoms with van der Waals surface area (Å²) in [7, 11) is -1.49. The number of sulfone groups is 1. The molecule has 0 spiro atoms. The Balaban J connectivity index is 2.42. The van der Waals surface area contributed by atoms with Crippen molar-refractivity contribution in [3.05, 3.63) is 12.2 Å². The van der Waals surface area contributed by atoms with E-state index in [1.54, 1.807) is 6.92 Å². The van der Waals surface area contributed by atoms with Crippen LogP contribution in [-0.4, -0.2) is 47.1 Å². The zero-order valence-corrected chi connectivity index (χ0v) is 13.6. The first-order valence-electron chi connectivity index (χ1n) is 6.40. The van der Waals surface area contributed by atoms with Crippen molar-refractivity contribution < 1.29 is 13.2 Å². The third-order valence-electron chi connectivity index (χ3n) is 2.97. The van der Waals surface area contributed by atoms with E-state index < -0.39 is 9.84 Å². The smallest absolute Gasteiger partial charge is 0.245 e. The van der Waals surface area contributed by atoms with Crippen molar-refractivity contribution in [3.8, 4) is 5.88 Å². The molecule has 0 bridgehead atoms. The van der Waals surface area contributed by atoms with Crippen molar-refractivity contribution >= 4 is 32.6 Å². The van der Waals surface area contributed by atoms with E-state index in [9.17, 15) is 8.42 Å². The average Bonchev–Trinajstić information content (AvgIpc) is 2.76. The van der Waals surface area contributed by atoms with Crippen molar-refractivity contribution in [1.29, 1.82) is 0 Å². The summed E-state index contributed by atoms with van der Waals surface area (Å²) >= 11 is 6.15. The minimum Gasteiger partial charge on any atom is -0.479 e. The molecule has 2 aromatic heterocycles. The number of ether oxygens (including phenoxy) is 1. The summed E-state index contributed by atoms with van der Waals surface area (Å²) in [5.74, 6) is 1.10. The number of aryl methyl sites for hydroxylation is 1. The number of rotatable bonds is 6. The van der Waals surface area contributed by atoms with Gasteiger partial charge in [0.1, 0.15) is 22.0 Å². The lowest BCUT2D eigenvalue weighted by molar-refractivity contribution is 0.401. The van der Waals surface area contributed by atoms with Crippen LogP contribution < -0.4 is 4.74 Å². The Bertz CT molecular complexity index is 742. The predicted molar refractivity (Wildman–Crippen MR) is 80.5 cm³/mol. The van der Waals surface area contributed by atoms with Crippen molar-refractivity contribution in [3.63, 3.8) is 0 Å². The largest absolute Gasteiger partial charge is 0.479 e. The Hall–Kier alpha value is -1.41. The summed E-state index contributed by atoms with van der Waals surface area (Å²) in [5, 5.41) is -0.331. The van der Waals surface area contributed by atoms with Gasteiger partial charge in [0.25, 0.3) is 0 Å². The highest BCUT2D eigenvalue weighted by atomic mass is 35.5. The minimum absolute atomic E-state index is 0.102. The summed E-state index contributed by atoms with van der Waals surface area (Å²) in [6.45, 7) is 2.27. The number of hydrogen-bond acceptors (Lipinski definition) is 6. The molecule has 0 aliphatic heterocycles. The highest BCUT2D eigenvalue weighted by Crippen LogP contribution is 2.27. The molecule has 0 N–H and O–H groups in total. The van der Waals surface area contributed by atoms with Crippen LogP contribution in [0.3, 0.4) is 0 Å². The maximum Gasteiger partial charge on any atom is 0.245 e. The Morgan fingerprint density at radius 3 is 2.71 bits per heavy atom. The third-order valence-corrected chi connectivity index (χ3v) is 4.20. The molecule has 2 aromatic rings. The molecular formula is C12H17ClN4O3S. The van der Waals surface area contributed by atoms with Gasteiger partial charge >= 0.3 is 0 Å². The molecule has 0 aliphatic rings. The predicted octanol–water partition coefficient (Wildman–Crippen LogP) is 1.57. The molecule has 0 saturated carbocycles.